The highest BCUT2D eigenvalue weighted by Crippen LogP contribution is 2.27. The highest BCUT2D eigenvalue weighted by Gasteiger charge is 2.12. The maximum absolute atomic E-state index is 9.17. The molecule has 2 rings (SSSR count). The molecule has 3 N–H and O–H groups in total. The number of benzene rings is 2. The number of nitrogens with zero attached hydrogens (tertiary/aromatic N) is 1. The lowest BCUT2D eigenvalue weighted by Crippen LogP contribution is -2.11. The van der Waals surface area contributed by atoms with Crippen LogP contribution < -0.4 is 11.1 Å². The first-order valence-corrected chi connectivity index (χ1v) is 6.24. The van der Waals surface area contributed by atoms with Crippen LogP contribution in [0, 0.1) is 18.3 Å². The van der Waals surface area contributed by atoms with Crippen LogP contribution in [0.4, 0.5) is 11.4 Å². The molecule has 2 aromatic carbocycles. The monoisotopic (exact) mass is 251 g/mol. The third-order valence-electron chi connectivity index (χ3n) is 3.22. The topological polar surface area (TPSA) is 61.8 Å². The molecule has 0 aromatic heterocycles. The highest BCUT2D eigenvalue weighted by molar-refractivity contribution is 5.64. The Morgan fingerprint density at radius 3 is 2.58 bits per heavy atom. The van der Waals surface area contributed by atoms with Gasteiger partial charge in [-0.1, -0.05) is 30.3 Å². The number of hydrogen-bond acceptors (Lipinski definition) is 3. The average molecular weight is 251 g/mol. The lowest BCUT2D eigenvalue weighted by molar-refractivity contribution is 0.885. The van der Waals surface area contributed by atoms with Crippen molar-refractivity contribution in [2.24, 2.45) is 0 Å². The first kappa shape index (κ1) is 13.0. The van der Waals surface area contributed by atoms with Crippen molar-refractivity contribution in [2.75, 3.05) is 11.1 Å². The van der Waals surface area contributed by atoms with Gasteiger partial charge in [-0.3, -0.25) is 0 Å². The number of aryl methyl sites for hydroxylation is 1. The Bertz CT molecular complexity index is 626. The molecule has 0 aliphatic carbocycles. The molecular formula is C16H17N3. The smallest absolute Gasteiger partial charge is 0.101 e. The van der Waals surface area contributed by atoms with E-state index in [0.29, 0.717) is 5.56 Å². The molecule has 1 unspecified atom stereocenters. The van der Waals surface area contributed by atoms with Gasteiger partial charge in [0.1, 0.15) is 6.07 Å². The van der Waals surface area contributed by atoms with Gasteiger partial charge in [0.25, 0.3) is 0 Å². The van der Waals surface area contributed by atoms with E-state index >= 15 is 0 Å². The van der Waals surface area contributed by atoms with Crippen LogP contribution in [0.1, 0.15) is 29.7 Å². The van der Waals surface area contributed by atoms with Crippen molar-refractivity contribution in [2.45, 2.75) is 19.9 Å². The van der Waals surface area contributed by atoms with E-state index in [4.69, 9.17) is 11.0 Å². The van der Waals surface area contributed by atoms with E-state index in [9.17, 15) is 0 Å². The first-order chi connectivity index (χ1) is 9.13. The molecule has 0 aliphatic rings. The molecule has 0 saturated carbocycles. The van der Waals surface area contributed by atoms with E-state index in [1.807, 2.05) is 56.3 Å². The van der Waals surface area contributed by atoms with Gasteiger partial charge in [-0.05, 0) is 37.1 Å². The number of nitrogen functional groups attached to an aromatic ring is 1. The number of rotatable bonds is 3. The molecule has 0 heterocycles. The maximum Gasteiger partial charge on any atom is 0.101 e. The Kier molecular flexibility index (Phi) is 3.72. The molecule has 0 amide bonds. The van der Waals surface area contributed by atoms with Gasteiger partial charge in [0.15, 0.2) is 0 Å². The fraction of sp³-hybridized carbons (Fsp3) is 0.188. The van der Waals surface area contributed by atoms with Crippen molar-refractivity contribution < 1.29 is 0 Å². The molecule has 0 fully saturated rings. The summed E-state index contributed by atoms with van der Waals surface area (Å²) >= 11 is 0. The summed E-state index contributed by atoms with van der Waals surface area (Å²) in [6.45, 7) is 4.03. The van der Waals surface area contributed by atoms with Gasteiger partial charge in [-0.25, -0.2) is 0 Å². The third-order valence-corrected chi connectivity index (χ3v) is 3.22. The van der Waals surface area contributed by atoms with Crippen molar-refractivity contribution >= 4 is 11.4 Å². The van der Waals surface area contributed by atoms with Crippen LogP contribution in [0.2, 0.25) is 0 Å². The lowest BCUT2D eigenvalue weighted by atomic mass is 10.0. The van der Waals surface area contributed by atoms with Crippen molar-refractivity contribution in [3.8, 4) is 6.07 Å². The third kappa shape index (κ3) is 2.69. The molecular weight excluding hydrogens is 234 g/mol. The largest absolute Gasteiger partial charge is 0.398 e. The van der Waals surface area contributed by atoms with E-state index in [1.54, 1.807) is 0 Å². The molecule has 96 valence electrons. The number of hydrogen-bond donors (Lipinski definition) is 2. The van der Waals surface area contributed by atoms with Crippen LogP contribution in [-0.2, 0) is 0 Å². The van der Waals surface area contributed by atoms with Gasteiger partial charge in [-0.15, -0.1) is 0 Å². The fourth-order valence-corrected chi connectivity index (χ4v) is 2.15. The Morgan fingerprint density at radius 1 is 1.16 bits per heavy atom. The Balaban J connectivity index is 2.32. The maximum atomic E-state index is 9.17. The van der Waals surface area contributed by atoms with Crippen LogP contribution in [-0.4, -0.2) is 0 Å². The molecule has 0 saturated heterocycles. The number of nitrogens with two attached hydrogens (primary N) is 1. The van der Waals surface area contributed by atoms with Gasteiger partial charge in [-0.2, -0.15) is 5.26 Å². The van der Waals surface area contributed by atoms with E-state index < -0.39 is 0 Å². The Morgan fingerprint density at radius 2 is 1.89 bits per heavy atom. The molecule has 19 heavy (non-hydrogen) atoms. The zero-order chi connectivity index (χ0) is 13.8. The van der Waals surface area contributed by atoms with Gasteiger partial charge >= 0.3 is 0 Å². The van der Waals surface area contributed by atoms with Crippen LogP contribution >= 0.6 is 0 Å². The van der Waals surface area contributed by atoms with Crippen molar-refractivity contribution in [3.05, 3.63) is 59.2 Å². The van der Waals surface area contributed by atoms with Gasteiger partial charge < -0.3 is 11.1 Å². The number of anilines is 2. The molecule has 0 bridgehead atoms. The first-order valence-electron chi connectivity index (χ1n) is 6.24. The highest BCUT2D eigenvalue weighted by atomic mass is 14.9. The average Bonchev–Trinajstić information content (AvgIpc) is 2.41. The summed E-state index contributed by atoms with van der Waals surface area (Å²) < 4.78 is 0. The summed E-state index contributed by atoms with van der Waals surface area (Å²) in [7, 11) is 0. The van der Waals surface area contributed by atoms with Crippen LogP contribution in [0.3, 0.4) is 0 Å². The summed E-state index contributed by atoms with van der Waals surface area (Å²) in [5, 5.41) is 12.6. The van der Waals surface area contributed by atoms with Crippen molar-refractivity contribution in [1.29, 1.82) is 5.26 Å². The second kappa shape index (κ2) is 5.45. The SMILES string of the molecule is Cc1cccc(C#N)c1NC(C)c1ccccc1N. The molecule has 2 aromatic rings. The normalized spacial score (nSPS) is 11.6. The van der Waals surface area contributed by atoms with Gasteiger partial charge in [0, 0.05) is 5.69 Å². The van der Waals surface area contributed by atoms with Crippen LogP contribution in [0.15, 0.2) is 42.5 Å². The van der Waals surface area contributed by atoms with E-state index in [-0.39, 0.29) is 6.04 Å². The zero-order valence-electron chi connectivity index (χ0n) is 11.1. The molecule has 3 nitrogen and oxygen atoms in total. The predicted molar refractivity (Wildman–Crippen MR) is 78.8 cm³/mol. The molecule has 0 aliphatic heterocycles. The number of nitrogens with one attached hydrogen (secondary N) is 1. The van der Waals surface area contributed by atoms with Crippen molar-refractivity contribution in [3.63, 3.8) is 0 Å². The zero-order valence-corrected chi connectivity index (χ0v) is 11.1. The summed E-state index contributed by atoms with van der Waals surface area (Å²) in [6.07, 6.45) is 0. The lowest BCUT2D eigenvalue weighted by Gasteiger charge is -2.19. The second-order valence-corrected chi connectivity index (χ2v) is 4.60. The van der Waals surface area contributed by atoms with Crippen LogP contribution in [0.25, 0.3) is 0 Å². The minimum absolute atomic E-state index is 0.0504. The molecule has 3 heteroatoms. The van der Waals surface area contributed by atoms with Crippen LogP contribution in [0.5, 0.6) is 0 Å². The minimum Gasteiger partial charge on any atom is -0.398 e. The van der Waals surface area contributed by atoms with Gasteiger partial charge in [0.05, 0.1) is 17.3 Å². The van der Waals surface area contributed by atoms with E-state index in [2.05, 4.69) is 11.4 Å². The summed E-state index contributed by atoms with van der Waals surface area (Å²) in [6, 6.07) is 15.7. The molecule has 0 spiro atoms. The summed E-state index contributed by atoms with van der Waals surface area (Å²) in [5.41, 5.74) is 10.4. The summed E-state index contributed by atoms with van der Waals surface area (Å²) in [4.78, 5) is 0. The van der Waals surface area contributed by atoms with E-state index in [1.165, 1.54) is 0 Å². The predicted octanol–water partition coefficient (Wildman–Crippen LogP) is 3.62. The van der Waals surface area contributed by atoms with Gasteiger partial charge in [0.2, 0.25) is 0 Å². The summed E-state index contributed by atoms with van der Waals surface area (Å²) in [5.74, 6) is 0. The standard InChI is InChI=1S/C16H17N3/c1-11-6-5-7-13(10-17)16(11)19-12(2)14-8-3-4-9-15(14)18/h3-9,12,19H,18H2,1-2H3. The fourth-order valence-electron chi connectivity index (χ4n) is 2.15. The molecule has 1 atom stereocenters. The Labute approximate surface area is 113 Å². The van der Waals surface area contributed by atoms with E-state index in [0.717, 1.165) is 22.5 Å². The Hall–Kier alpha value is -2.47. The number of nitriles is 1. The van der Waals surface area contributed by atoms with Crippen molar-refractivity contribution in [1.82, 2.24) is 0 Å². The number of para-hydroxylation sites is 2. The second-order valence-electron chi connectivity index (χ2n) is 4.60. The quantitative estimate of drug-likeness (QED) is 0.819. The molecule has 0 radical (unpaired) electrons. The minimum atomic E-state index is 0.0504.